The van der Waals surface area contributed by atoms with Gasteiger partial charge in [0.2, 0.25) is 5.91 Å². The van der Waals surface area contributed by atoms with Crippen molar-refractivity contribution >= 4 is 11.9 Å². The third-order valence-electron chi connectivity index (χ3n) is 5.69. The molecule has 4 nitrogen and oxygen atoms in total. The molecule has 4 bridgehead atoms. The number of ether oxygens (including phenoxy) is 1. The molecule has 0 spiro atoms. The summed E-state index contributed by atoms with van der Waals surface area (Å²) in [5.41, 5.74) is 0.0918. The van der Waals surface area contributed by atoms with Gasteiger partial charge in [-0.2, -0.15) is 0 Å². The molecule has 4 heteroatoms. The first-order valence-electron chi connectivity index (χ1n) is 9.05. The van der Waals surface area contributed by atoms with Crippen molar-refractivity contribution in [3.05, 3.63) is 0 Å². The van der Waals surface area contributed by atoms with Gasteiger partial charge in [-0.1, -0.05) is 6.92 Å². The number of nitrogens with one attached hydrogen (secondary N) is 1. The molecule has 0 saturated heterocycles. The Bertz CT molecular complexity index is 397. The van der Waals surface area contributed by atoms with E-state index in [4.69, 9.17) is 4.74 Å². The highest BCUT2D eigenvalue weighted by Crippen LogP contribution is 2.55. The topological polar surface area (TPSA) is 55.4 Å². The highest BCUT2D eigenvalue weighted by molar-refractivity contribution is 5.77. The second kappa shape index (κ2) is 6.59. The lowest BCUT2D eigenvalue weighted by molar-refractivity contribution is -0.143. The van der Waals surface area contributed by atoms with Gasteiger partial charge >= 0.3 is 5.97 Å². The van der Waals surface area contributed by atoms with Crippen LogP contribution < -0.4 is 5.32 Å². The molecule has 0 aromatic carbocycles. The summed E-state index contributed by atoms with van der Waals surface area (Å²) in [6.45, 7) is 2.46. The van der Waals surface area contributed by atoms with E-state index < -0.39 is 0 Å². The molecule has 4 saturated carbocycles. The molecule has 4 aliphatic rings. The van der Waals surface area contributed by atoms with Gasteiger partial charge < -0.3 is 10.1 Å². The molecular formula is C18H29NO3. The lowest BCUT2D eigenvalue weighted by atomic mass is 9.53. The van der Waals surface area contributed by atoms with Crippen molar-refractivity contribution in [1.29, 1.82) is 0 Å². The van der Waals surface area contributed by atoms with Crippen LogP contribution in [0, 0.1) is 17.8 Å². The first-order chi connectivity index (χ1) is 10.6. The van der Waals surface area contributed by atoms with Gasteiger partial charge in [-0.3, -0.25) is 9.59 Å². The Morgan fingerprint density at radius 3 is 2.18 bits per heavy atom. The quantitative estimate of drug-likeness (QED) is 0.735. The molecule has 1 N–H and O–H groups in total. The lowest BCUT2D eigenvalue weighted by Crippen LogP contribution is -2.59. The molecule has 0 aromatic heterocycles. The van der Waals surface area contributed by atoms with E-state index in [9.17, 15) is 9.59 Å². The molecular weight excluding hydrogens is 278 g/mol. The summed E-state index contributed by atoms with van der Waals surface area (Å²) in [4.78, 5) is 23.7. The summed E-state index contributed by atoms with van der Waals surface area (Å²) in [5, 5.41) is 3.35. The Morgan fingerprint density at radius 1 is 1.05 bits per heavy atom. The molecule has 4 fully saturated rings. The van der Waals surface area contributed by atoms with Crippen LogP contribution in [0.15, 0.2) is 0 Å². The van der Waals surface area contributed by atoms with Crippen LogP contribution in [0.3, 0.4) is 0 Å². The highest BCUT2D eigenvalue weighted by atomic mass is 16.5. The zero-order valence-electron chi connectivity index (χ0n) is 13.7. The molecule has 0 aromatic rings. The summed E-state index contributed by atoms with van der Waals surface area (Å²) in [5.74, 6) is 2.48. The number of carbonyl (C=O) groups is 2. The van der Waals surface area contributed by atoms with Crippen LogP contribution in [0.5, 0.6) is 0 Å². The van der Waals surface area contributed by atoms with Crippen molar-refractivity contribution in [3.8, 4) is 0 Å². The minimum Gasteiger partial charge on any atom is -0.466 e. The number of amides is 1. The maximum atomic E-state index is 12.3. The maximum Gasteiger partial charge on any atom is 0.305 e. The van der Waals surface area contributed by atoms with Crippen LogP contribution in [0.25, 0.3) is 0 Å². The fourth-order valence-electron chi connectivity index (χ4n) is 5.30. The highest BCUT2D eigenvalue weighted by Gasteiger charge is 2.51. The predicted molar refractivity (Wildman–Crippen MR) is 84.1 cm³/mol. The average Bonchev–Trinajstić information content (AvgIpc) is 2.43. The summed E-state index contributed by atoms with van der Waals surface area (Å²) in [6, 6.07) is 0. The van der Waals surface area contributed by atoms with E-state index in [1.54, 1.807) is 0 Å². The molecule has 124 valence electrons. The number of hydrogen-bond donors (Lipinski definition) is 1. The Hall–Kier alpha value is -1.06. The summed E-state index contributed by atoms with van der Waals surface area (Å²) in [6.07, 6.45) is 9.96. The van der Waals surface area contributed by atoms with Crippen LogP contribution in [-0.2, 0) is 14.3 Å². The maximum absolute atomic E-state index is 12.3. The Labute approximate surface area is 133 Å². The summed E-state index contributed by atoms with van der Waals surface area (Å²) >= 11 is 0. The standard InChI is InChI=1S/C18H29NO3/c1-2-6-22-17(21)5-3-4-16(20)19-18-10-13-7-14(11-18)9-15(8-13)12-18/h13-15H,2-12H2,1H3,(H,19,20). The van der Waals surface area contributed by atoms with E-state index in [1.165, 1.54) is 38.5 Å². The normalized spacial score (nSPS) is 35.4. The van der Waals surface area contributed by atoms with Gasteiger partial charge in [0.15, 0.2) is 0 Å². The molecule has 4 aliphatic carbocycles. The van der Waals surface area contributed by atoms with Gasteiger partial charge in [0.05, 0.1) is 6.61 Å². The fraction of sp³-hybridized carbons (Fsp3) is 0.889. The second-order valence-electron chi connectivity index (χ2n) is 7.82. The van der Waals surface area contributed by atoms with Crippen LogP contribution in [0.4, 0.5) is 0 Å². The molecule has 0 aliphatic heterocycles. The Balaban J connectivity index is 1.41. The summed E-state index contributed by atoms with van der Waals surface area (Å²) < 4.78 is 5.04. The monoisotopic (exact) mass is 307 g/mol. The Morgan fingerprint density at radius 2 is 1.64 bits per heavy atom. The van der Waals surface area contributed by atoms with E-state index in [-0.39, 0.29) is 17.4 Å². The first-order valence-corrected chi connectivity index (χ1v) is 9.05. The molecule has 1 amide bonds. The lowest BCUT2D eigenvalue weighted by Gasteiger charge is -2.56. The molecule has 22 heavy (non-hydrogen) atoms. The van der Waals surface area contributed by atoms with Gasteiger partial charge in [-0.25, -0.2) is 0 Å². The van der Waals surface area contributed by atoms with Gasteiger partial charge in [-0.05, 0) is 69.1 Å². The van der Waals surface area contributed by atoms with Crippen molar-refractivity contribution in [2.75, 3.05) is 6.61 Å². The van der Waals surface area contributed by atoms with E-state index in [0.29, 0.717) is 25.9 Å². The minimum absolute atomic E-state index is 0.0918. The van der Waals surface area contributed by atoms with Crippen molar-refractivity contribution in [1.82, 2.24) is 5.32 Å². The van der Waals surface area contributed by atoms with Gasteiger partial charge in [0.25, 0.3) is 0 Å². The smallest absolute Gasteiger partial charge is 0.305 e. The number of hydrogen-bond acceptors (Lipinski definition) is 3. The third-order valence-corrected chi connectivity index (χ3v) is 5.69. The third kappa shape index (κ3) is 3.64. The molecule has 4 rings (SSSR count). The molecule has 0 unspecified atom stereocenters. The van der Waals surface area contributed by atoms with E-state index in [2.05, 4.69) is 5.32 Å². The van der Waals surface area contributed by atoms with Crippen LogP contribution in [0.2, 0.25) is 0 Å². The van der Waals surface area contributed by atoms with Crippen molar-refractivity contribution in [2.45, 2.75) is 76.7 Å². The zero-order valence-corrected chi connectivity index (χ0v) is 13.7. The van der Waals surface area contributed by atoms with Crippen molar-refractivity contribution < 1.29 is 14.3 Å². The minimum atomic E-state index is -0.176. The average molecular weight is 307 g/mol. The number of rotatable bonds is 7. The second-order valence-corrected chi connectivity index (χ2v) is 7.82. The molecule has 0 heterocycles. The van der Waals surface area contributed by atoms with Gasteiger partial charge in [0.1, 0.15) is 0 Å². The Kier molecular flexibility index (Phi) is 4.74. The van der Waals surface area contributed by atoms with E-state index >= 15 is 0 Å². The molecule has 0 atom stereocenters. The van der Waals surface area contributed by atoms with E-state index in [1.807, 2.05) is 6.92 Å². The van der Waals surface area contributed by atoms with Crippen molar-refractivity contribution in [3.63, 3.8) is 0 Å². The van der Waals surface area contributed by atoms with Crippen LogP contribution in [-0.4, -0.2) is 24.0 Å². The SMILES string of the molecule is CCCOC(=O)CCCC(=O)NC12CC3CC(CC(C3)C1)C2. The number of carbonyl (C=O) groups excluding carboxylic acids is 2. The fourth-order valence-corrected chi connectivity index (χ4v) is 5.30. The molecule has 0 radical (unpaired) electrons. The van der Waals surface area contributed by atoms with Crippen molar-refractivity contribution in [2.24, 2.45) is 17.8 Å². The largest absolute Gasteiger partial charge is 0.466 e. The summed E-state index contributed by atoms with van der Waals surface area (Å²) in [7, 11) is 0. The van der Waals surface area contributed by atoms with E-state index in [0.717, 1.165) is 24.2 Å². The van der Waals surface area contributed by atoms with Crippen LogP contribution >= 0.6 is 0 Å². The van der Waals surface area contributed by atoms with Gasteiger partial charge in [0, 0.05) is 18.4 Å². The number of esters is 1. The van der Waals surface area contributed by atoms with Gasteiger partial charge in [-0.15, -0.1) is 0 Å². The predicted octanol–water partition coefficient (Wildman–Crippen LogP) is 3.19. The van der Waals surface area contributed by atoms with Crippen LogP contribution in [0.1, 0.15) is 71.1 Å². The first kappa shape index (κ1) is 15.8. The zero-order chi connectivity index (χ0) is 15.6.